The van der Waals surface area contributed by atoms with Gasteiger partial charge in [-0.25, -0.2) is 0 Å². The van der Waals surface area contributed by atoms with Gasteiger partial charge in [-0.05, 0) is 12.8 Å². The molecule has 6 N–H and O–H groups in total. The third kappa shape index (κ3) is 7.79. The van der Waals surface area contributed by atoms with Gasteiger partial charge in [-0.3, -0.25) is 4.79 Å². The van der Waals surface area contributed by atoms with Gasteiger partial charge >= 0.3 is 5.97 Å². The van der Waals surface area contributed by atoms with E-state index < -0.39 is 67.3 Å². The minimum atomic E-state index is -2.33. The number of unbranched alkanes of at least 4 members (excludes halogenated alkanes) is 5. The van der Waals surface area contributed by atoms with E-state index in [0.29, 0.717) is 12.8 Å². The van der Waals surface area contributed by atoms with E-state index in [1.54, 1.807) is 0 Å². The molecule has 13 nitrogen and oxygen atoms in total. The Bertz CT molecular complexity index is 667. The molecule has 0 unspecified atom stereocenters. The van der Waals surface area contributed by atoms with Gasteiger partial charge in [-0.15, -0.1) is 0 Å². The second-order valence-corrected chi connectivity index (χ2v) is 9.56. The summed E-state index contributed by atoms with van der Waals surface area (Å²) >= 11 is 0. The molecule has 2 fully saturated rings. The smallest absolute Gasteiger partial charge is 0.305 e. The van der Waals surface area contributed by atoms with E-state index in [0.717, 1.165) is 32.1 Å². The summed E-state index contributed by atoms with van der Waals surface area (Å²) in [5, 5.41) is 63.8. The molecule has 2 aliphatic heterocycles. The Balaban J connectivity index is 2.07. The summed E-state index contributed by atoms with van der Waals surface area (Å²) in [5.41, 5.74) is -2.33. The second-order valence-electron chi connectivity index (χ2n) is 9.56. The molecule has 13 heteroatoms. The summed E-state index contributed by atoms with van der Waals surface area (Å²) in [6, 6.07) is 0. The number of aliphatic hydroxyl groups is 6. The standard InChI is InChI=1S/C24H44O13/c1-32-13-15-17(27)19(29)20(30)22(36-15)24(31)21(34-3)18(28)14(12-25)37-23(24)35-11-9-7-5-4-6-8-10-16(26)33-2/h14-15,17-23,25,27-31H,4-13H2,1-3H3/t14-,15-,17-,18-,19+,20-,21+,22-,23+,24+/m1/s1. The number of carbonyl (C=O) groups excluding carboxylic acids is 1. The fraction of sp³-hybridized carbons (Fsp3) is 0.958. The van der Waals surface area contributed by atoms with Crippen LogP contribution in [0.15, 0.2) is 0 Å². The van der Waals surface area contributed by atoms with Crippen molar-refractivity contribution >= 4 is 5.97 Å². The van der Waals surface area contributed by atoms with Crippen LogP contribution in [0.1, 0.15) is 44.9 Å². The van der Waals surface area contributed by atoms with Crippen LogP contribution in [0, 0.1) is 0 Å². The van der Waals surface area contributed by atoms with E-state index in [9.17, 15) is 35.4 Å². The van der Waals surface area contributed by atoms with E-state index in [-0.39, 0.29) is 19.2 Å². The predicted molar refractivity (Wildman–Crippen MR) is 126 cm³/mol. The number of esters is 1. The Labute approximate surface area is 217 Å². The van der Waals surface area contributed by atoms with Gasteiger partial charge in [-0.1, -0.05) is 25.7 Å². The lowest BCUT2D eigenvalue weighted by molar-refractivity contribution is -0.388. The molecule has 0 aromatic carbocycles. The first-order valence-electron chi connectivity index (χ1n) is 12.7. The molecular formula is C24H44O13. The third-order valence-corrected chi connectivity index (χ3v) is 7.03. The van der Waals surface area contributed by atoms with Gasteiger partial charge in [0, 0.05) is 27.2 Å². The fourth-order valence-electron chi connectivity index (χ4n) is 4.90. The highest BCUT2D eigenvalue weighted by atomic mass is 16.7. The molecule has 2 heterocycles. The summed E-state index contributed by atoms with van der Waals surface area (Å²) < 4.78 is 32.3. The lowest BCUT2D eigenvalue weighted by Gasteiger charge is -2.55. The normalized spacial score (nSPS) is 38.5. The van der Waals surface area contributed by atoms with Crippen molar-refractivity contribution in [2.24, 2.45) is 0 Å². The maximum Gasteiger partial charge on any atom is 0.305 e. The van der Waals surface area contributed by atoms with E-state index in [1.165, 1.54) is 21.3 Å². The number of carbonyl (C=O) groups is 1. The van der Waals surface area contributed by atoms with Gasteiger partial charge in [0.1, 0.15) is 48.8 Å². The van der Waals surface area contributed by atoms with Crippen LogP contribution in [0.25, 0.3) is 0 Å². The Kier molecular flexibility index (Phi) is 13.6. The number of rotatable bonds is 15. The van der Waals surface area contributed by atoms with Crippen LogP contribution >= 0.6 is 0 Å². The average Bonchev–Trinajstić information content (AvgIpc) is 2.89. The van der Waals surface area contributed by atoms with E-state index in [2.05, 4.69) is 4.74 Å². The Morgan fingerprint density at radius 1 is 0.838 bits per heavy atom. The van der Waals surface area contributed by atoms with Gasteiger partial charge in [0.05, 0.1) is 20.3 Å². The Hall–Kier alpha value is -0.970. The third-order valence-electron chi connectivity index (χ3n) is 7.03. The average molecular weight is 541 g/mol. The van der Waals surface area contributed by atoms with Crippen molar-refractivity contribution in [3.8, 4) is 0 Å². The zero-order valence-electron chi connectivity index (χ0n) is 21.8. The first-order valence-corrected chi connectivity index (χ1v) is 12.7. The van der Waals surface area contributed by atoms with E-state index in [1.807, 2.05) is 0 Å². The molecule has 0 spiro atoms. The summed E-state index contributed by atoms with van der Waals surface area (Å²) in [7, 11) is 3.95. The zero-order valence-corrected chi connectivity index (χ0v) is 21.8. The second kappa shape index (κ2) is 15.6. The van der Waals surface area contributed by atoms with Crippen molar-refractivity contribution in [1.29, 1.82) is 0 Å². The van der Waals surface area contributed by atoms with Crippen LogP contribution in [0.5, 0.6) is 0 Å². The molecule has 2 aliphatic rings. The molecule has 37 heavy (non-hydrogen) atoms. The number of methoxy groups -OCH3 is 3. The first-order chi connectivity index (χ1) is 17.7. The van der Waals surface area contributed by atoms with Crippen molar-refractivity contribution in [3.05, 3.63) is 0 Å². The molecule has 0 saturated carbocycles. The fourth-order valence-corrected chi connectivity index (χ4v) is 4.90. The van der Waals surface area contributed by atoms with Gasteiger partial charge in [0.25, 0.3) is 0 Å². The number of hydrogen-bond acceptors (Lipinski definition) is 13. The van der Waals surface area contributed by atoms with Crippen molar-refractivity contribution in [3.63, 3.8) is 0 Å². The number of ether oxygens (including phenoxy) is 6. The maximum atomic E-state index is 11.9. The summed E-state index contributed by atoms with van der Waals surface area (Å²) in [5.74, 6) is -0.225. The van der Waals surface area contributed by atoms with Crippen LogP contribution in [0.3, 0.4) is 0 Å². The molecule has 0 bridgehead atoms. The van der Waals surface area contributed by atoms with Crippen molar-refractivity contribution in [2.75, 3.05) is 41.2 Å². The molecule has 0 aromatic rings. The summed E-state index contributed by atoms with van der Waals surface area (Å²) in [4.78, 5) is 11.1. The molecule has 0 aliphatic carbocycles. The SMILES string of the molecule is COC[C@H]1O[C@@H]([C@]2(O)[C@@H](OCCCCCCCCC(=O)OC)O[C@H](CO)[C@@H](O)[C@@H]2OC)[C@H](O)[C@@H](O)[C@@H]1O. The molecule has 10 atom stereocenters. The van der Waals surface area contributed by atoms with E-state index in [4.69, 9.17) is 23.7 Å². The van der Waals surface area contributed by atoms with Crippen molar-refractivity contribution < 1.29 is 63.9 Å². The molecule has 0 amide bonds. The van der Waals surface area contributed by atoms with Crippen LogP contribution < -0.4 is 0 Å². The number of hydrogen-bond donors (Lipinski definition) is 6. The zero-order chi connectivity index (χ0) is 27.6. The van der Waals surface area contributed by atoms with Gasteiger partial charge in [0.15, 0.2) is 11.9 Å². The van der Waals surface area contributed by atoms with Gasteiger partial charge < -0.3 is 59.1 Å². The van der Waals surface area contributed by atoms with Crippen LogP contribution in [-0.4, -0.2) is 138 Å². The molecule has 2 rings (SSSR count). The van der Waals surface area contributed by atoms with Crippen molar-refractivity contribution in [2.45, 2.75) is 106 Å². The monoisotopic (exact) mass is 540 g/mol. The van der Waals surface area contributed by atoms with E-state index >= 15 is 0 Å². The molecule has 0 radical (unpaired) electrons. The molecule has 218 valence electrons. The highest BCUT2D eigenvalue weighted by Crippen LogP contribution is 2.40. The van der Waals surface area contributed by atoms with Gasteiger partial charge in [-0.2, -0.15) is 0 Å². The van der Waals surface area contributed by atoms with Crippen LogP contribution in [-0.2, 0) is 33.2 Å². The Morgan fingerprint density at radius 3 is 2.08 bits per heavy atom. The molecular weight excluding hydrogens is 496 g/mol. The molecule has 2 saturated heterocycles. The largest absolute Gasteiger partial charge is 0.469 e. The lowest BCUT2D eigenvalue weighted by Crippen LogP contribution is -2.77. The minimum Gasteiger partial charge on any atom is -0.469 e. The predicted octanol–water partition coefficient (Wildman–Crippen LogP) is -1.77. The summed E-state index contributed by atoms with van der Waals surface area (Å²) in [6.07, 6.45) is -8.09. The van der Waals surface area contributed by atoms with Crippen molar-refractivity contribution in [1.82, 2.24) is 0 Å². The topological polar surface area (TPSA) is 194 Å². The first kappa shape index (κ1) is 32.2. The highest BCUT2D eigenvalue weighted by Gasteiger charge is 2.65. The summed E-state index contributed by atoms with van der Waals surface area (Å²) in [6.45, 7) is -0.609. The lowest BCUT2D eigenvalue weighted by atomic mass is 9.76. The Morgan fingerprint density at radius 2 is 1.49 bits per heavy atom. The highest BCUT2D eigenvalue weighted by molar-refractivity contribution is 5.68. The molecule has 0 aromatic heterocycles. The van der Waals surface area contributed by atoms with Crippen LogP contribution in [0.4, 0.5) is 0 Å². The maximum absolute atomic E-state index is 11.9. The number of aliphatic hydroxyl groups excluding tert-OH is 5. The minimum absolute atomic E-state index is 0.134. The van der Waals surface area contributed by atoms with Crippen LogP contribution in [0.2, 0.25) is 0 Å². The van der Waals surface area contributed by atoms with Gasteiger partial charge in [0.2, 0.25) is 0 Å². The quantitative estimate of drug-likeness (QED) is 0.101.